The highest BCUT2D eigenvalue weighted by Crippen LogP contribution is 2.07. The van der Waals surface area contributed by atoms with E-state index in [4.69, 9.17) is 11.3 Å². The van der Waals surface area contributed by atoms with E-state index in [1.54, 1.807) is 0 Å². The van der Waals surface area contributed by atoms with E-state index in [2.05, 4.69) is 17.5 Å². The van der Waals surface area contributed by atoms with E-state index >= 15 is 0 Å². The van der Waals surface area contributed by atoms with Gasteiger partial charge in [-0.2, -0.15) is 0 Å². The largest absolute Gasteiger partial charge is 0.601 e. The Bertz CT molecular complexity index is 191. The molecule has 0 saturated carbocycles. The Balaban J connectivity index is 3.41. The molecule has 1 N–H and O–H groups in total. The second-order valence-corrected chi connectivity index (χ2v) is 2.04. The predicted octanol–water partition coefficient (Wildman–Crippen LogP) is 1.10. The summed E-state index contributed by atoms with van der Waals surface area (Å²) in [5.41, 5.74) is 2.10. The molecule has 0 aromatic rings. The van der Waals surface area contributed by atoms with E-state index in [0.29, 0.717) is 12.8 Å². The predicted molar refractivity (Wildman–Crippen MR) is 35.7 cm³/mol. The van der Waals surface area contributed by atoms with Crippen molar-refractivity contribution in [3.63, 3.8) is 0 Å². The van der Waals surface area contributed by atoms with E-state index in [9.17, 15) is 4.57 Å². The summed E-state index contributed by atoms with van der Waals surface area (Å²) in [4.78, 5) is 8.14. The maximum absolute atomic E-state index is 9.89. The standard InChI is InChI=1S/C6H5O2P/c1-2-3-4-5-6-9(7)8/h1H,3-4H2/p+1. The maximum Gasteiger partial charge on any atom is 0.601 e. The molecule has 0 aliphatic heterocycles. The van der Waals surface area contributed by atoms with Crippen LogP contribution in [0.4, 0.5) is 0 Å². The van der Waals surface area contributed by atoms with Gasteiger partial charge in [0.05, 0.1) is 0 Å². The summed E-state index contributed by atoms with van der Waals surface area (Å²) in [5.74, 6) is 4.82. The van der Waals surface area contributed by atoms with Crippen molar-refractivity contribution < 1.29 is 9.46 Å². The Kier molecular flexibility index (Phi) is 4.83. The summed E-state index contributed by atoms with van der Waals surface area (Å²) in [6.07, 6.45) is 5.93. The number of rotatable bonds is 1. The fourth-order valence-electron chi connectivity index (χ4n) is 0.258. The average molecular weight is 141 g/mol. The molecule has 0 bridgehead atoms. The first kappa shape index (κ1) is 8.18. The Morgan fingerprint density at radius 1 is 1.56 bits per heavy atom. The highest BCUT2D eigenvalue weighted by molar-refractivity contribution is 7.44. The van der Waals surface area contributed by atoms with Crippen LogP contribution < -0.4 is 0 Å². The van der Waals surface area contributed by atoms with Crippen LogP contribution in [0.5, 0.6) is 0 Å². The molecule has 0 heterocycles. The normalized spacial score (nSPS) is 8.67. The summed E-state index contributed by atoms with van der Waals surface area (Å²) in [7, 11) is -2.30. The molecule has 0 fully saturated rings. The first-order chi connectivity index (χ1) is 4.27. The lowest BCUT2D eigenvalue weighted by Crippen LogP contribution is -1.61. The minimum Gasteiger partial charge on any atom is -0.149 e. The van der Waals surface area contributed by atoms with Crippen molar-refractivity contribution in [3.8, 4) is 23.9 Å². The van der Waals surface area contributed by atoms with Crippen LogP contribution in [0.15, 0.2) is 0 Å². The van der Waals surface area contributed by atoms with Crippen molar-refractivity contribution >= 4 is 8.03 Å². The zero-order chi connectivity index (χ0) is 7.11. The topological polar surface area (TPSA) is 37.3 Å². The molecule has 0 amide bonds. The van der Waals surface area contributed by atoms with Gasteiger partial charge in [-0.05, 0) is 10.5 Å². The van der Waals surface area contributed by atoms with Crippen molar-refractivity contribution in [2.75, 3.05) is 0 Å². The molecule has 0 aliphatic rings. The number of hydrogen-bond acceptors (Lipinski definition) is 1. The SMILES string of the molecule is C#CCCC#C[P+](=O)O. The lowest BCUT2D eigenvalue weighted by Gasteiger charge is -1.70. The molecule has 0 aliphatic carbocycles. The van der Waals surface area contributed by atoms with Gasteiger partial charge in [0.2, 0.25) is 5.66 Å². The molecular weight excluding hydrogens is 135 g/mol. The number of terminal acetylenes is 1. The summed E-state index contributed by atoms with van der Waals surface area (Å²) >= 11 is 0. The third-order valence-corrected chi connectivity index (χ3v) is 0.918. The van der Waals surface area contributed by atoms with Gasteiger partial charge in [0.1, 0.15) is 0 Å². The summed E-state index contributed by atoms with van der Waals surface area (Å²) in [6.45, 7) is 0. The minimum atomic E-state index is -2.30. The van der Waals surface area contributed by atoms with E-state index in [0.717, 1.165) is 0 Å². The van der Waals surface area contributed by atoms with Crippen LogP contribution in [0.1, 0.15) is 12.8 Å². The molecule has 0 spiro atoms. The minimum absolute atomic E-state index is 0.498. The molecule has 46 valence electrons. The average Bonchev–Trinajstić information content (AvgIpc) is 1.80. The second-order valence-electron chi connectivity index (χ2n) is 1.27. The molecule has 0 rings (SSSR count). The summed E-state index contributed by atoms with van der Waals surface area (Å²) < 4.78 is 9.89. The van der Waals surface area contributed by atoms with Crippen LogP contribution in [0.3, 0.4) is 0 Å². The number of unbranched alkanes of at least 4 members (excludes halogenated alkanes) is 1. The zero-order valence-corrected chi connectivity index (χ0v) is 5.69. The molecule has 0 saturated heterocycles. The Morgan fingerprint density at radius 2 is 2.22 bits per heavy atom. The van der Waals surface area contributed by atoms with Gasteiger partial charge in [0.15, 0.2) is 0 Å². The lowest BCUT2D eigenvalue weighted by molar-refractivity contribution is 0.514. The van der Waals surface area contributed by atoms with Gasteiger partial charge < -0.3 is 0 Å². The molecular formula is C6H6O2P+. The van der Waals surface area contributed by atoms with Gasteiger partial charge >= 0.3 is 8.03 Å². The smallest absolute Gasteiger partial charge is 0.149 e. The fourth-order valence-corrected chi connectivity index (χ4v) is 0.505. The second kappa shape index (κ2) is 5.32. The highest BCUT2D eigenvalue weighted by Gasteiger charge is 1.99. The molecule has 0 aromatic heterocycles. The van der Waals surface area contributed by atoms with E-state index in [1.165, 1.54) is 0 Å². The van der Waals surface area contributed by atoms with Crippen molar-refractivity contribution in [1.29, 1.82) is 0 Å². The van der Waals surface area contributed by atoms with Gasteiger partial charge in [-0.1, -0.05) is 0 Å². The molecule has 2 nitrogen and oxygen atoms in total. The van der Waals surface area contributed by atoms with Gasteiger partial charge in [0, 0.05) is 12.8 Å². The van der Waals surface area contributed by atoms with Crippen molar-refractivity contribution in [3.05, 3.63) is 0 Å². The lowest BCUT2D eigenvalue weighted by atomic mass is 10.3. The third-order valence-electron chi connectivity index (χ3n) is 0.569. The first-order valence-corrected chi connectivity index (χ1v) is 3.56. The van der Waals surface area contributed by atoms with Crippen molar-refractivity contribution in [2.24, 2.45) is 0 Å². The Hall–Kier alpha value is -0.820. The molecule has 0 aromatic carbocycles. The maximum atomic E-state index is 9.89. The molecule has 1 unspecified atom stereocenters. The molecule has 3 heteroatoms. The van der Waals surface area contributed by atoms with Gasteiger partial charge in [-0.25, -0.2) is 0 Å². The first-order valence-electron chi connectivity index (χ1n) is 2.35. The zero-order valence-electron chi connectivity index (χ0n) is 4.79. The Labute approximate surface area is 55.1 Å². The van der Waals surface area contributed by atoms with Gasteiger partial charge in [0.25, 0.3) is 0 Å². The Morgan fingerprint density at radius 3 is 2.67 bits per heavy atom. The summed E-state index contributed by atoms with van der Waals surface area (Å²) in [6, 6.07) is 0. The van der Waals surface area contributed by atoms with Crippen LogP contribution >= 0.6 is 8.03 Å². The quantitative estimate of drug-likeness (QED) is 0.337. The molecule has 1 atom stereocenters. The fraction of sp³-hybridized carbons (Fsp3) is 0.333. The molecule has 0 radical (unpaired) electrons. The highest BCUT2D eigenvalue weighted by atomic mass is 31.1. The van der Waals surface area contributed by atoms with Crippen LogP contribution in [0.2, 0.25) is 0 Å². The van der Waals surface area contributed by atoms with Crippen LogP contribution in [0.25, 0.3) is 0 Å². The third kappa shape index (κ3) is 7.18. The van der Waals surface area contributed by atoms with E-state index in [-0.39, 0.29) is 0 Å². The summed E-state index contributed by atoms with van der Waals surface area (Å²) in [5, 5.41) is 0. The van der Waals surface area contributed by atoms with Gasteiger partial charge in [-0.3, -0.25) is 0 Å². The van der Waals surface area contributed by atoms with Crippen LogP contribution in [0, 0.1) is 23.9 Å². The molecule has 9 heavy (non-hydrogen) atoms. The van der Waals surface area contributed by atoms with Gasteiger partial charge in [-0.15, -0.1) is 17.2 Å². The van der Waals surface area contributed by atoms with Crippen LogP contribution in [-0.2, 0) is 4.57 Å². The monoisotopic (exact) mass is 141 g/mol. The van der Waals surface area contributed by atoms with E-state index in [1.807, 2.05) is 0 Å². The van der Waals surface area contributed by atoms with Crippen LogP contribution in [-0.4, -0.2) is 4.89 Å². The van der Waals surface area contributed by atoms with Crippen molar-refractivity contribution in [1.82, 2.24) is 0 Å². The van der Waals surface area contributed by atoms with E-state index < -0.39 is 8.03 Å². The number of hydrogen-bond donors (Lipinski definition) is 1. The van der Waals surface area contributed by atoms with Crippen molar-refractivity contribution in [2.45, 2.75) is 12.8 Å².